The molecule has 0 aromatic carbocycles. The highest BCUT2D eigenvalue weighted by Gasteiger charge is 2.15. The van der Waals surface area contributed by atoms with E-state index in [1.54, 1.807) is 18.4 Å². The van der Waals surface area contributed by atoms with Gasteiger partial charge in [-0.3, -0.25) is 4.99 Å². The Bertz CT molecular complexity index is 756. The van der Waals surface area contributed by atoms with Gasteiger partial charge in [-0.1, -0.05) is 0 Å². The van der Waals surface area contributed by atoms with Crippen LogP contribution < -0.4 is 15.5 Å². The van der Waals surface area contributed by atoms with Gasteiger partial charge in [0.1, 0.15) is 5.82 Å². The van der Waals surface area contributed by atoms with Crippen LogP contribution in [-0.2, 0) is 13.0 Å². The molecule has 0 radical (unpaired) electrons. The molecule has 1 aliphatic heterocycles. The van der Waals surface area contributed by atoms with Gasteiger partial charge in [-0.15, -0.1) is 35.3 Å². The molecule has 2 aromatic rings. The summed E-state index contributed by atoms with van der Waals surface area (Å²) in [6.45, 7) is 7.84. The van der Waals surface area contributed by atoms with Gasteiger partial charge in [0.2, 0.25) is 0 Å². The first kappa shape index (κ1) is 22.8. The van der Waals surface area contributed by atoms with E-state index in [1.807, 2.05) is 12.4 Å². The lowest BCUT2D eigenvalue weighted by molar-refractivity contribution is 0.312. The molecule has 28 heavy (non-hydrogen) atoms. The number of hydrogen-bond donors (Lipinski definition) is 2. The van der Waals surface area contributed by atoms with E-state index in [0.29, 0.717) is 0 Å². The summed E-state index contributed by atoms with van der Waals surface area (Å²) < 4.78 is 0. The fourth-order valence-electron chi connectivity index (χ4n) is 2.99. The maximum Gasteiger partial charge on any atom is 0.191 e. The summed E-state index contributed by atoms with van der Waals surface area (Å²) >= 11 is 1.75. The molecule has 1 fully saturated rings. The Balaban J connectivity index is 0.00000280. The molecule has 0 amide bonds. The Hall–Kier alpha value is -1.46. The number of piperazine rings is 1. The van der Waals surface area contributed by atoms with Gasteiger partial charge in [0.15, 0.2) is 5.96 Å². The Labute approximate surface area is 188 Å². The van der Waals surface area contributed by atoms with E-state index in [-0.39, 0.29) is 24.0 Å². The fourth-order valence-corrected chi connectivity index (χ4v) is 3.78. The Morgan fingerprint density at radius 3 is 2.68 bits per heavy atom. The highest BCUT2D eigenvalue weighted by molar-refractivity contribution is 14.0. The van der Waals surface area contributed by atoms with E-state index >= 15 is 0 Å². The molecule has 9 heteroatoms. The third-order valence-corrected chi connectivity index (χ3v) is 5.59. The first-order valence-corrected chi connectivity index (χ1v) is 10.2. The Morgan fingerprint density at radius 2 is 2.00 bits per heavy atom. The van der Waals surface area contributed by atoms with E-state index in [2.05, 4.69) is 61.5 Å². The van der Waals surface area contributed by atoms with Crippen LogP contribution in [0.1, 0.15) is 15.4 Å². The van der Waals surface area contributed by atoms with Crippen LogP contribution >= 0.6 is 35.3 Å². The average molecular weight is 515 g/mol. The topological polar surface area (TPSA) is 68.7 Å². The van der Waals surface area contributed by atoms with Crippen LogP contribution in [0.4, 0.5) is 5.82 Å². The number of aromatic nitrogens is 2. The van der Waals surface area contributed by atoms with E-state index in [0.717, 1.165) is 62.5 Å². The number of anilines is 1. The predicted molar refractivity (Wildman–Crippen MR) is 128 cm³/mol. The monoisotopic (exact) mass is 515 g/mol. The number of aryl methyl sites for hydroxylation is 1. The van der Waals surface area contributed by atoms with Crippen LogP contribution in [0.3, 0.4) is 0 Å². The lowest BCUT2D eigenvalue weighted by atomic mass is 10.2. The number of hydrogen-bond acceptors (Lipinski definition) is 6. The minimum absolute atomic E-state index is 0. The van der Waals surface area contributed by atoms with Crippen molar-refractivity contribution in [3.63, 3.8) is 0 Å². The van der Waals surface area contributed by atoms with Crippen molar-refractivity contribution in [2.45, 2.75) is 19.9 Å². The van der Waals surface area contributed by atoms with Gasteiger partial charge in [-0.05, 0) is 31.7 Å². The van der Waals surface area contributed by atoms with Gasteiger partial charge in [0.05, 0.1) is 5.01 Å². The minimum Gasteiger partial charge on any atom is -0.356 e. The summed E-state index contributed by atoms with van der Waals surface area (Å²) in [4.78, 5) is 19.2. The second-order valence-corrected chi connectivity index (χ2v) is 8.10. The lowest BCUT2D eigenvalue weighted by Crippen LogP contribution is -2.44. The number of aliphatic imine (C=N–C) groups is 1. The summed E-state index contributed by atoms with van der Waals surface area (Å²) in [5, 5.41) is 7.89. The van der Waals surface area contributed by atoms with Crippen molar-refractivity contribution in [1.82, 2.24) is 25.5 Å². The number of guanidine groups is 1. The molecule has 0 aliphatic carbocycles. The van der Waals surface area contributed by atoms with Crippen molar-refractivity contribution >= 4 is 47.1 Å². The minimum atomic E-state index is 0. The normalized spacial score (nSPS) is 15.2. The molecule has 0 unspecified atom stereocenters. The number of halogens is 1. The third-order valence-electron chi connectivity index (χ3n) is 4.62. The predicted octanol–water partition coefficient (Wildman–Crippen LogP) is 2.12. The van der Waals surface area contributed by atoms with E-state index in [1.165, 1.54) is 10.4 Å². The number of nitrogens with one attached hydrogen (secondary N) is 2. The summed E-state index contributed by atoms with van der Waals surface area (Å²) in [6.07, 6.45) is 4.72. The largest absolute Gasteiger partial charge is 0.356 e. The fraction of sp³-hybridized carbons (Fsp3) is 0.526. The van der Waals surface area contributed by atoms with Crippen LogP contribution in [0.5, 0.6) is 0 Å². The molecular weight excluding hydrogens is 485 g/mol. The number of likely N-dealkylation sites (N-methyl/N-ethyl adjacent to an activating group) is 1. The Morgan fingerprint density at radius 1 is 1.21 bits per heavy atom. The van der Waals surface area contributed by atoms with Gasteiger partial charge < -0.3 is 20.4 Å². The quantitative estimate of drug-likeness (QED) is 0.349. The highest BCUT2D eigenvalue weighted by atomic mass is 127. The number of thiazole rings is 1. The highest BCUT2D eigenvalue weighted by Crippen LogP contribution is 2.14. The van der Waals surface area contributed by atoms with Gasteiger partial charge in [-0.25, -0.2) is 9.97 Å². The smallest absolute Gasteiger partial charge is 0.191 e. The third kappa shape index (κ3) is 6.85. The van der Waals surface area contributed by atoms with Crippen molar-refractivity contribution < 1.29 is 0 Å². The zero-order chi connectivity index (χ0) is 19.1. The Kier molecular flexibility index (Phi) is 9.39. The van der Waals surface area contributed by atoms with Crippen LogP contribution in [0.15, 0.2) is 29.5 Å². The van der Waals surface area contributed by atoms with Crippen LogP contribution in [0, 0.1) is 6.92 Å². The number of pyridine rings is 1. The molecule has 2 N–H and O–H groups in total. The molecular formula is C19H30IN7S. The summed E-state index contributed by atoms with van der Waals surface area (Å²) in [7, 11) is 3.96. The van der Waals surface area contributed by atoms with Gasteiger partial charge >= 0.3 is 0 Å². The average Bonchev–Trinajstić information content (AvgIpc) is 3.10. The van der Waals surface area contributed by atoms with Crippen molar-refractivity contribution in [1.29, 1.82) is 0 Å². The van der Waals surface area contributed by atoms with Gasteiger partial charge in [0, 0.05) is 70.0 Å². The summed E-state index contributed by atoms with van der Waals surface area (Å²) in [5.41, 5.74) is 1.21. The van der Waals surface area contributed by atoms with Crippen molar-refractivity contribution in [2.24, 2.45) is 4.99 Å². The molecule has 0 saturated carbocycles. The SMILES string of the molecule is CN=C(NCCc1ncc(C)s1)NCc1ccnc(N2CCN(C)CC2)c1.I. The van der Waals surface area contributed by atoms with Crippen molar-refractivity contribution in [3.05, 3.63) is 40.0 Å². The zero-order valence-corrected chi connectivity index (χ0v) is 20.0. The first-order valence-electron chi connectivity index (χ1n) is 9.38. The molecule has 1 aliphatic rings. The van der Waals surface area contributed by atoms with E-state index in [9.17, 15) is 0 Å². The van der Waals surface area contributed by atoms with Crippen LogP contribution in [0.2, 0.25) is 0 Å². The van der Waals surface area contributed by atoms with Gasteiger partial charge in [0.25, 0.3) is 0 Å². The maximum absolute atomic E-state index is 4.55. The van der Waals surface area contributed by atoms with Crippen molar-refractivity contribution in [2.75, 3.05) is 51.7 Å². The second-order valence-electron chi connectivity index (χ2n) is 6.78. The second kappa shape index (κ2) is 11.5. The zero-order valence-electron chi connectivity index (χ0n) is 16.8. The van der Waals surface area contributed by atoms with Crippen LogP contribution in [-0.4, -0.2) is 67.6 Å². The summed E-state index contributed by atoms with van der Waals surface area (Å²) in [6, 6.07) is 4.22. The molecule has 154 valence electrons. The first-order chi connectivity index (χ1) is 13.1. The van der Waals surface area contributed by atoms with Gasteiger partial charge in [-0.2, -0.15) is 0 Å². The molecule has 3 heterocycles. The van der Waals surface area contributed by atoms with E-state index in [4.69, 9.17) is 0 Å². The van der Waals surface area contributed by atoms with Crippen LogP contribution in [0.25, 0.3) is 0 Å². The molecule has 3 rings (SSSR count). The molecule has 1 saturated heterocycles. The maximum atomic E-state index is 4.55. The molecule has 0 bridgehead atoms. The number of nitrogens with zero attached hydrogens (tertiary/aromatic N) is 5. The molecule has 2 aromatic heterocycles. The summed E-state index contributed by atoms with van der Waals surface area (Å²) in [5.74, 6) is 1.87. The molecule has 0 spiro atoms. The lowest BCUT2D eigenvalue weighted by Gasteiger charge is -2.33. The molecule has 0 atom stereocenters. The van der Waals surface area contributed by atoms with Crippen molar-refractivity contribution in [3.8, 4) is 0 Å². The number of rotatable bonds is 6. The van der Waals surface area contributed by atoms with E-state index < -0.39 is 0 Å². The molecule has 7 nitrogen and oxygen atoms in total. The standard InChI is InChI=1S/C19H29N7S.HI/c1-15-13-23-18(27-15)5-7-22-19(20-2)24-14-16-4-6-21-17(12-16)26-10-8-25(3)9-11-26;/h4,6,12-13H,5,7-11,14H2,1-3H3,(H2,20,22,24);1H.